The maximum absolute atomic E-state index is 12.7. The van der Waals surface area contributed by atoms with Crippen molar-refractivity contribution in [2.24, 2.45) is 0 Å². The number of carbonyl (C=O) groups is 1. The van der Waals surface area contributed by atoms with Crippen LogP contribution in [0.3, 0.4) is 0 Å². The molecule has 1 atom stereocenters. The van der Waals surface area contributed by atoms with Gasteiger partial charge in [-0.2, -0.15) is 5.10 Å². The molecule has 1 amide bonds. The zero-order valence-corrected chi connectivity index (χ0v) is 15.8. The highest BCUT2D eigenvalue weighted by Gasteiger charge is 2.23. The molecule has 1 aliphatic rings. The van der Waals surface area contributed by atoms with Gasteiger partial charge >= 0.3 is 0 Å². The van der Waals surface area contributed by atoms with E-state index in [9.17, 15) is 4.79 Å². The predicted octanol–water partition coefficient (Wildman–Crippen LogP) is 3.08. The third kappa shape index (κ3) is 3.38. The van der Waals surface area contributed by atoms with Gasteiger partial charge in [0.2, 0.25) is 0 Å². The maximum Gasteiger partial charge on any atom is 0.273 e. The molecular weight excluding hydrogens is 370 g/mol. The third-order valence-electron chi connectivity index (χ3n) is 4.31. The molecule has 0 saturated carbocycles. The van der Waals surface area contributed by atoms with Crippen LogP contribution in [0.5, 0.6) is 0 Å². The summed E-state index contributed by atoms with van der Waals surface area (Å²) in [5, 5.41) is 10.9. The molecule has 2 aromatic heterocycles. The number of para-hydroxylation sites is 1. The molecule has 1 aromatic carbocycles. The summed E-state index contributed by atoms with van der Waals surface area (Å²) >= 11 is 7.68. The van der Waals surface area contributed by atoms with E-state index in [4.69, 9.17) is 11.6 Å². The zero-order valence-electron chi connectivity index (χ0n) is 14.2. The average Bonchev–Trinajstić information content (AvgIpc) is 3.31. The number of halogens is 1. The number of piperazine rings is 1. The first-order chi connectivity index (χ1) is 12.6. The van der Waals surface area contributed by atoms with Crippen molar-refractivity contribution < 1.29 is 4.79 Å². The Bertz CT molecular complexity index is 937. The summed E-state index contributed by atoms with van der Waals surface area (Å²) in [4.78, 5) is 19.1. The molecule has 1 fully saturated rings. The highest BCUT2D eigenvalue weighted by molar-refractivity contribution is 7.13. The average molecular weight is 388 g/mol. The van der Waals surface area contributed by atoms with Crippen molar-refractivity contribution in [3.63, 3.8) is 0 Å². The van der Waals surface area contributed by atoms with E-state index in [1.165, 1.54) is 11.3 Å². The van der Waals surface area contributed by atoms with Crippen LogP contribution in [0.15, 0.2) is 42.0 Å². The van der Waals surface area contributed by atoms with Gasteiger partial charge in [-0.3, -0.25) is 4.79 Å². The van der Waals surface area contributed by atoms with Gasteiger partial charge in [0.15, 0.2) is 0 Å². The first-order valence-electron chi connectivity index (χ1n) is 8.40. The Morgan fingerprint density at radius 2 is 2.23 bits per heavy atom. The van der Waals surface area contributed by atoms with E-state index in [0.717, 1.165) is 22.8 Å². The number of nitrogens with zero attached hydrogens (tertiary/aromatic N) is 4. The highest BCUT2D eigenvalue weighted by Crippen LogP contribution is 2.26. The molecule has 6 nitrogen and oxygen atoms in total. The number of benzene rings is 1. The summed E-state index contributed by atoms with van der Waals surface area (Å²) in [6, 6.07) is 7.83. The number of rotatable bonds is 3. The maximum atomic E-state index is 12.7. The number of hydrogen-bond acceptors (Lipinski definition) is 5. The number of hydrogen-bond donors (Lipinski definition) is 1. The highest BCUT2D eigenvalue weighted by atomic mass is 35.5. The van der Waals surface area contributed by atoms with Gasteiger partial charge in [-0.25, -0.2) is 9.67 Å². The van der Waals surface area contributed by atoms with E-state index < -0.39 is 0 Å². The lowest BCUT2D eigenvalue weighted by molar-refractivity contribution is 0.0704. The van der Waals surface area contributed by atoms with Gasteiger partial charge in [-0.15, -0.1) is 11.3 Å². The SMILES string of the molecule is C[C@H]1CN(C(=O)c2csc(-c3cnn(-c4ccccc4Cl)c3)n2)CCN1. The zero-order chi connectivity index (χ0) is 18.1. The van der Waals surface area contributed by atoms with E-state index in [1.807, 2.05) is 40.7 Å². The summed E-state index contributed by atoms with van der Waals surface area (Å²) in [7, 11) is 0. The van der Waals surface area contributed by atoms with E-state index in [-0.39, 0.29) is 5.91 Å². The molecule has 1 saturated heterocycles. The largest absolute Gasteiger partial charge is 0.334 e. The summed E-state index contributed by atoms with van der Waals surface area (Å²) in [5.74, 6) is -0.0145. The third-order valence-corrected chi connectivity index (χ3v) is 5.52. The fraction of sp³-hybridized carbons (Fsp3) is 0.278. The van der Waals surface area contributed by atoms with Gasteiger partial charge in [-0.05, 0) is 19.1 Å². The van der Waals surface area contributed by atoms with Crippen LogP contribution < -0.4 is 5.32 Å². The predicted molar refractivity (Wildman–Crippen MR) is 103 cm³/mol. The van der Waals surface area contributed by atoms with Crippen molar-refractivity contribution in [3.05, 3.63) is 52.8 Å². The Kier molecular flexibility index (Phi) is 4.76. The lowest BCUT2D eigenvalue weighted by Gasteiger charge is -2.31. The van der Waals surface area contributed by atoms with Crippen LogP contribution in [0.1, 0.15) is 17.4 Å². The van der Waals surface area contributed by atoms with Crippen LogP contribution >= 0.6 is 22.9 Å². The van der Waals surface area contributed by atoms with Crippen molar-refractivity contribution in [1.29, 1.82) is 0 Å². The minimum Gasteiger partial charge on any atom is -0.334 e. The van der Waals surface area contributed by atoms with Gasteiger partial charge in [0.05, 0.1) is 16.9 Å². The fourth-order valence-electron chi connectivity index (χ4n) is 2.99. The summed E-state index contributed by atoms with van der Waals surface area (Å²) in [5.41, 5.74) is 2.16. The van der Waals surface area contributed by atoms with E-state index in [0.29, 0.717) is 29.8 Å². The quantitative estimate of drug-likeness (QED) is 0.750. The number of amides is 1. The van der Waals surface area contributed by atoms with Crippen LogP contribution in [0.25, 0.3) is 16.3 Å². The Balaban J connectivity index is 1.55. The lowest BCUT2D eigenvalue weighted by Crippen LogP contribution is -2.51. The molecule has 8 heteroatoms. The molecule has 3 aromatic rings. The molecule has 0 bridgehead atoms. The molecule has 0 radical (unpaired) electrons. The normalized spacial score (nSPS) is 17.5. The molecule has 1 N–H and O–H groups in total. The first kappa shape index (κ1) is 17.2. The van der Waals surface area contributed by atoms with Gasteiger partial charge in [-0.1, -0.05) is 23.7 Å². The van der Waals surface area contributed by atoms with Crippen LogP contribution in [-0.2, 0) is 0 Å². The van der Waals surface area contributed by atoms with Crippen LogP contribution in [-0.4, -0.2) is 51.2 Å². The molecule has 3 heterocycles. The van der Waals surface area contributed by atoms with Crippen LogP contribution in [0.2, 0.25) is 5.02 Å². The Morgan fingerprint density at radius 1 is 1.38 bits per heavy atom. The molecular formula is C18H18ClN5OS. The second-order valence-electron chi connectivity index (χ2n) is 6.27. The first-order valence-corrected chi connectivity index (χ1v) is 9.66. The van der Waals surface area contributed by atoms with E-state index >= 15 is 0 Å². The molecule has 0 spiro atoms. The standard InChI is InChI=1S/C18H18ClN5OS/c1-12-9-23(7-6-20-12)18(25)15-11-26-17(22-15)13-8-21-24(10-13)16-5-3-2-4-14(16)19/h2-5,8,10-12,20H,6-7,9H2,1H3/t12-/m0/s1. The number of aromatic nitrogens is 3. The van der Waals surface area contributed by atoms with Crippen molar-refractivity contribution in [3.8, 4) is 16.3 Å². The molecule has 134 valence electrons. The van der Waals surface area contributed by atoms with Gasteiger partial charge in [0.25, 0.3) is 5.91 Å². The van der Waals surface area contributed by atoms with E-state index in [1.54, 1.807) is 10.9 Å². The lowest BCUT2D eigenvalue weighted by atomic mass is 10.2. The molecule has 0 aliphatic carbocycles. The van der Waals surface area contributed by atoms with Crippen LogP contribution in [0, 0.1) is 0 Å². The number of thiazole rings is 1. The second kappa shape index (κ2) is 7.19. The Hall–Kier alpha value is -2.22. The Labute approximate surface area is 160 Å². The van der Waals surface area contributed by atoms with Crippen molar-refractivity contribution in [1.82, 2.24) is 25.0 Å². The minimum atomic E-state index is -0.0145. The van der Waals surface area contributed by atoms with E-state index in [2.05, 4.69) is 22.3 Å². The minimum absolute atomic E-state index is 0.0145. The topological polar surface area (TPSA) is 63.1 Å². The van der Waals surface area contributed by atoms with Crippen molar-refractivity contribution >= 4 is 28.8 Å². The Morgan fingerprint density at radius 3 is 3.04 bits per heavy atom. The monoisotopic (exact) mass is 387 g/mol. The van der Waals surface area contributed by atoms with Crippen molar-refractivity contribution in [2.75, 3.05) is 19.6 Å². The van der Waals surface area contributed by atoms with Crippen molar-refractivity contribution in [2.45, 2.75) is 13.0 Å². The molecule has 26 heavy (non-hydrogen) atoms. The number of nitrogens with one attached hydrogen (secondary N) is 1. The second-order valence-corrected chi connectivity index (χ2v) is 7.53. The molecule has 1 aliphatic heterocycles. The van der Waals surface area contributed by atoms with Gasteiger partial charge in [0, 0.05) is 42.8 Å². The fourth-order valence-corrected chi connectivity index (χ4v) is 3.98. The molecule has 0 unspecified atom stereocenters. The summed E-state index contributed by atoms with van der Waals surface area (Å²) in [6.07, 6.45) is 3.62. The number of carbonyl (C=O) groups excluding carboxylic acids is 1. The smallest absolute Gasteiger partial charge is 0.273 e. The molecule has 4 rings (SSSR count). The van der Waals surface area contributed by atoms with Crippen LogP contribution in [0.4, 0.5) is 0 Å². The van der Waals surface area contributed by atoms with Gasteiger partial charge < -0.3 is 10.2 Å². The summed E-state index contributed by atoms with van der Waals surface area (Å²) < 4.78 is 1.72. The summed E-state index contributed by atoms with van der Waals surface area (Å²) in [6.45, 7) is 4.31. The van der Waals surface area contributed by atoms with Gasteiger partial charge in [0.1, 0.15) is 10.7 Å².